The highest BCUT2D eigenvalue weighted by atomic mass is 19.4. The van der Waals surface area contributed by atoms with E-state index in [9.17, 15) is 18.0 Å². The first kappa shape index (κ1) is 11.0. The Morgan fingerprint density at radius 2 is 2.25 bits per heavy atom. The number of aryl methyl sites for hydroxylation is 1. The van der Waals surface area contributed by atoms with E-state index in [0.717, 1.165) is 6.20 Å². The van der Waals surface area contributed by atoms with Gasteiger partial charge >= 0.3 is 12.1 Å². The van der Waals surface area contributed by atoms with E-state index in [2.05, 4.69) is 5.10 Å². The van der Waals surface area contributed by atoms with Gasteiger partial charge < -0.3 is 5.11 Å². The van der Waals surface area contributed by atoms with Gasteiger partial charge in [-0.3, -0.25) is 4.68 Å². The minimum Gasteiger partial charge on any atom is -0.478 e. The SMILES string of the molecule is O=C(O)c1cnn2c1CC(C(F)(F)F)CC2. The van der Waals surface area contributed by atoms with Crippen molar-refractivity contribution >= 4 is 5.97 Å². The van der Waals surface area contributed by atoms with Gasteiger partial charge in [-0.05, 0) is 6.42 Å². The smallest absolute Gasteiger partial charge is 0.392 e. The van der Waals surface area contributed by atoms with E-state index in [0.29, 0.717) is 0 Å². The molecule has 1 atom stereocenters. The Morgan fingerprint density at radius 3 is 2.81 bits per heavy atom. The first-order valence-electron chi connectivity index (χ1n) is 4.74. The van der Waals surface area contributed by atoms with Gasteiger partial charge in [0.05, 0.1) is 17.8 Å². The van der Waals surface area contributed by atoms with Crippen LogP contribution < -0.4 is 0 Å². The molecule has 1 aliphatic heterocycles. The molecule has 16 heavy (non-hydrogen) atoms. The molecule has 2 heterocycles. The third-order valence-corrected chi connectivity index (χ3v) is 2.77. The normalized spacial score (nSPS) is 20.6. The summed E-state index contributed by atoms with van der Waals surface area (Å²) in [5.74, 6) is -2.70. The summed E-state index contributed by atoms with van der Waals surface area (Å²) in [5, 5.41) is 12.5. The van der Waals surface area contributed by atoms with Gasteiger partial charge in [0.15, 0.2) is 0 Å². The summed E-state index contributed by atoms with van der Waals surface area (Å²) in [6.07, 6.45) is -3.51. The highest BCUT2D eigenvalue weighted by molar-refractivity contribution is 5.88. The maximum atomic E-state index is 12.5. The van der Waals surface area contributed by atoms with Crippen LogP contribution in [0, 0.1) is 5.92 Å². The molecule has 0 aliphatic carbocycles. The lowest BCUT2D eigenvalue weighted by atomic mass is 9.94. The molecule has 0 aromatic carbocycles. The zero-order valence-electron chi connectivity index (χ0n) is 8.16. The van der Waals surface area contributed by atoms with Gasteiger partial charge in [0.2, 0.25) is 0 Å². The van der Waals surface area contributed by atoms with E-state index in [-0.39, 0.29) is 30.6 Å². The monoisotopic (exact) mass is 234 g/mol. The molecule has 2 rings (SSSR count). The van der Waals surface area contributed by atoms with Crippen LogP contribution in [0.15, 0.2) is 6.20 Å². The maximum absolute atomic E-state index is 12.5. The fourth-order valence-electron chi connectivity index (χ4n) is 1.89. The van der Waals surface area contributed by atoms with Gasteiger partial charge in [0.25, 0.3) is 0 Å². The van der Waals surface area contributed by atoms with Crippen LogP contribution in [0.2, 0.25) is 0 Å². The Morgan fingerprint density at radius 1 is 1.56 bits per heavy atom. The van der Waals surface area contributed by atoms with Crippen molar-refractivity contribution in [3.8, 4) is 0 Å². The van der Waals surface area contributed by atoms with E-state index in [1.54, 1.807) is 0 Å². The first-order valence-corrected chi connectivity index (χ1v) is 4.74. The van der Waals surface area contributed by atoms with E-state index in [4.69, 9.17) is 5.11 Å². The molecule has 1 aliphatic rings. The molecule has 0 fully saturated rings. The van der Waals surface area contributed by atoms with Crippen molar-refractivity contribution in [2.24, 2.45) is 5.92 Å². The third-order valence-electron chi connectivity index (χ3n) is 2.77. The Balaban J connectivity index is 2.31. The van der Waals surface area contributed by atoms with Crippen molar-refractivity contribution in [3.05, 3.63) is 17.5 Å². The van der Waals surface area contributed by atoms with Crippen molar-refractivity contribution in [3.63, 3.8) is 0 Å². The third kappa shape index (κ3) is 1.77. The summed E-state index contributed by atoms with van der Waals surface area (Å²) in [7, 11) is 0. The molecule has 0 bridgehead atoms. The molecule has 0 saturated heterocycles. The molecular formula is C9H9F3N2O2. The number of halogens is 3. The number of aromatic nitrogens is 2. The van der Waals surface area contributed by atoms with E-state index in [1.807, 2.05) is 0 Å². The number of aromatic carboxylic acids is 1. The summed E-state index contributed by atoms with van der Waals surface area (Å²) in [5.41, 5.74) is 0.0371. The fourth-order valence-corrected chi connectivity index (χ4v) is 1.89. The van der Waals surface area contributed by atoms with Crippen molar-refractivity contribution in [2.45, 2.75) is 25.6 Å². The van der Waals surface area contributed by atoms with Gasteiger partial charge in [-0.25, -0.2) is 4.79 Å². The van der Waals surface area contributed by atoms with Gasteiger partial charge in [-0.1, -0.05) is 0 Å². The number of hydrogen-bond acceptors (Lipinski definition) is 2. The predicted molar refractivity (Wildman–Crippen MR) is 47.1 cm³/mol. The average molecular weight is 234 g/mol. The highest BCUT2D eigenvalue weighted by Crippen LogP contribution is 2.35. The van der Waals surface area contributed by atoms with Crippen LogP contribution in [-0.4, -0.2) is 27.0 Å². The zero-order chi connectivity index (χ0) is 11.9. The van der Waals surface area contributed by atoms with Crippen LogP contribution >= 0.6 is 0 Å². The average Bonchev–Trinajstić information content (AvgIpc) is 2.58. The van der Waals surface area contributed by atoms with E-state index in [1.165, 1.54) is 4.68 Å². The molecular weight excluding hydrogens is 225 g/mol. The number of hydrogen-bond donors (Lipinski definition) is 1. The number of fused-ring (bicyclic) bond motifs is 1. The molecule has 0 spiro atoms. The van der Waals surface area contributed by atoms with Crippen LogP contribution in [0.3, 0.4) is 0 Å². The maximum Gasteiger partial charge on any atom is 0.392 e. The molecule has 1 N–H and O–H groups in total. The molecule has 1 unspecified atom stereocenters. The van der Waals surface area contributed by atoms with Gasteiger partial charge in [0.1, 0.15) is 5.56 Å². The second-order valence-electron chi connectivity index (χ2n) is 3.76. The summed E-state index contributed by atoms with van der Waals surface area (Å²) < 4.78 is 38.8. The predicted octanol–water partition coefficient (Wildman–Crippen LogP) is 1.71. The lowest BCUT2D eigenvalue weighted by Gasteiger charge is -2.25. The number of carboxylic acids is 1. The molecule has 0 amide bonds. The molecule has 7 heteroatoms. The van der Waals surface area contributed by atoms with Crippen molar-refractivity contribution in [1.82, 2.24) is 9.78 Å². The molecule has 4 nitrogen and oxygen atoms in total. The molecule has 0 saturated carbocycles. The van der Waals surface area contributed by atoms with Crippen LogP contribution in [-0.2, 0) is 13.0 Å². The summed E-state index contributed by atoms with van der Waals surface area (Å²) in [6, 6.07) is 0. The fraction of sp³-hybridized carbons (Fsp3) is 0.556. The second-order valence-corrected chi connectivity index (χ2v) is 3.76. The van der Waals surface area contributed by atoms with Crippen LogP contribution in [0.25, 0.3) is 0 Å². The molecule has 1 aromatic rings. The largest absolute Gasteiger partial charge is 0.478 e. The lowest BCUT2D eigenvalue weighted by Crippen LogP contribution is -2.32. The van der Waals surface area contributed by atoms with E-state index < -0.39 is 18.1 Å². The Hall–Kier alpha value is -1.53. The molecule has 1 aromatic heterocycles. The van der Waals surface area contributed by atoms with Crippen molar-refractivity contribution < 1.29 is 23.1 Å². The highest BCUT2D eigenvalue weighted by Gasteiger charge is 2.42. The molecule has 88 valence electrons. The van der Waals surface area contributed by atoms with Crippen molar-refractivity contribution in [2.75, 3.05) is 0 Å². The quantitative estimate of drug-likeness (QED) is 0.804. The Bertz CT molecular complexity index is 425. The van der Waals surface area contributed by atoms with Crippen LogP contribution in [0.4, 0.5) is 13.2 Å². The summed E-state index contributed by atoms with van der Waals surface area (Å²) >= 11 is 0. The van der Waals surface area contributed by atoms with Crippen LogP contribution in [0.5, 0.6) is 0 Å². The number of rotatable bonds is 1. The number of alkyl halides is 3. The Labute approximate surface area is 88.7 Å². The molecule has 0 radical (unpaired) electrons. The topological polar surface area (TPSA) is 55.1 Å². The van der Waals surface area contributed by atoms with Crippen LogP contribution in [0.1, 0.15) is 22.5 Å². The van der Waals surface area contributed by atoms with Gasteiger partial charge in [0, 0.05) is 13.0 Å². The summed E-state index contributed by atoms with van der Waals surface area (Å²) in [6.45, 7) is 0.118. The zero-order valence-corrected chi connectivity index (χ0v) is 8.16. The summed E-state index contributed by atoms with van der Waals surface area (Å²) in [4.78, 5) is 10.8. The number of carbonyl (C=O) groups is 1. The van der Waals surface area contributed by atoms with Gasteiger partial charge in [-0.15, -0.1) is 0 Å². The second kappa shape index (κ2) is 3.50. The standard InChI is InChI=1S/C9H9F3N2O2/c10-9(11,12)5-1-2-14-7(3-5)6(4-13-14)8(15)16/h4-5H,1-3H2,(H,15,16). The first-order chi connectivity index (χ1) is 7.39. The van der Waals surface area contributed by atoms with E-state index >= 15 is 0 Å². The lowest BCUT2D eigenvalue weighted by molar-refractivity contribution is -0.179. The number of nitrogens with zero attached hydrogens (tertiary/aromatic N) is 2. The minimum absolute atomic E-state index is 0.0444. The Kier molecular flexibility index (Phi) is 2.40. The van der Waals surface area contributed by atoms with Crippen molar-refractivity contribution in [1.29, 1.82) is 0 Å². The number of carboxylic acid groups (broad SMARTS) is 1. The minimum atomic E-state index is -4.27. The van der Waals surface area contributed by atoms with Gasteiger partial charge in [-0.2, -0.15) is 18.3 Å².